The van der Waals surface area contributed by atoms with Crippen LogP contribution in [0.1, 0.15) is 23.6 Å². The van der Waals surface area contributed by atoms with E-state index in [9.17, 15) is 4.79 Å². The Morgan fingerprint density at radius 1 is 1.04 bits per heavy atom. The molecule has 2 aromatic rings. The van der Waals surface area contributed by atoms with Gasteiger partial charge in [0, 0.05) is 19.2 Å². The number of hydrogen-bond acceptors (Lipinski definition) is 4. The van der Waals surface area contributed by atoms with Crippen molar-refractivity contribution in [2.45, 2.75) is 20.4 Å². The summed E-state index contributed by atoms with van der Waals surface area (Å²) in [6, 6.07) is 11.5. The third-order valence-electron chi connectivity index (χ3n) is 4.17. The van der Waals surface area contributed by atoms with Crippen LogP contribution in [0.4, 0.5) is 0 Å². The second kappa shape index (κ2) is 9.67. The predicted octanol–water partition coefficient (Wildman–Crippen LogP) is 4.08. The maximum atomic E-state index is 12.5. The second-order valence-corrected chi connectivity index (χ2v) is 6.26. The molecule has 27 heavy (non-hydrogen) atoms. The molecule has 144 valence electrons. The van der Waals surface area contributed by atoms with Crippen molar-refractivity contribution in [3.05, 3.63) is 59.2 Å². The lowest BCUT2D eigenvalue weighted by molar-refractivity contribution is -0.132. The zero-order valence-corrected chi connectivity index (χ0v) is 16.6. The highest BCUT2D eigenvalue weighted by atomic mass is 16.5. The SMILES string of the molecule is C/C=C/c1ccc(OCC(=O)N(C)Cc2cc(C)ccc2OC)c(OC)c1. The fourth-order valence-electron chi connectivity index (χ4n) is 2.72. The summed E-state index contributed by atoms with van der Waals surface area (Å²) in [4.78, 5) is 14.1. The lowest BCUT2D eigenvalue weighted by atomic mass is 10.1. The molecule has 0 aliphatic rings. The van der Waals surface area contributed by atoms with Crippen LogP contribution in [-0.2, 0) is 11.3 Å². The molecule has 0 bridgehead atoms. The monoisotopic (exact) mass is 369 g/mol. The first-order valence-electron chi connectivity index (χ1n) is 8.79. The summed E-state index contributed by atoms with van der Waals surface area (Å²) in [6.07, 6.45) is 3.92. The number of allylic oxidation sites excluding steroid dienone is 1. The van der Waals surface area contributed by atoms with Crippen molar-refractivity contribution in [1.29, 1.82) is 0 Å². The number of carbonyl (C=O) groups excluding carboxylic acids is 1. The third kappa shape index (κ3) is 5.51. The highest BCUT2D eigenvalue weighted by Gasteiger charge is 2.14. The zero-order valence-electron chi connectivity index (χ0n) is 16.6. The van der Waals surface area contributed by atoms with Crippen LogP contribution in [0.15, 0.2) is 42.5 Å². The average molecular weight is 369 g/mol. The summed E-state index contributed by atoms with van der Waals surface area (Å²) < 4.78 is 16.4. The molecule has 0 spiro atoms. The quantitative estimate of drug-likeness (QED) is 0.703. The van der Waals surface area contributed by atoms with Crippen molar-refractivity contribution in [3.63, 3.8) is 0 Å². The van der Waals surface area contributed by atoms with Gasteiger partial charge in [0.25, 0.3) is 5.91 Å². The van der Waals surface area contributed by atoms with Crippen LogP contribution >= 0.6 is 0 Å². The van der Waals surface area contributed by atoms with Gasteiger partial charge >= 0.3 is 0 Å². The molecule has 0 aromatic heterocycles. The molecule has 0 unspecified atom stereocenters. The zero-order chi connectivity index (χ0) is 19.8. The maximum Gasteiger partial charge on any atom is 0.260 e. The van der Waals surface area contributed by atoms with Crippen molar-refractivity contribution in [3.8, 4) is 17.2 Å². The Kier molecular flexibility index (Phi) is 7.29. The summed E-state index contributed by atoms with van der Waals surface area (Å²) in [6.45, 7) is 4.35. The Bertz CT molecular complexity index is 814. The standard InChI is InChI=1S/C22H27NO4/c1-6-7-17-9-11-20(21(13-17)26-5)27-15-22(24)23(3)14-18-12-16(2)8-10-19(18)25-4/h6-13H,14-15H2,1-5H3/b7-6+. The number of rotatable bonds is 8. The van der Waals surface area contributed by atoms with E-state index < -0.39 is 0 Å². The van der Waals surface area contributed by atoms with Gasteiger partial charge in [-0.1, -0.05) is 35.9 Å². The molecule has 0 saturated heterocycles. The first-order chi connectivity index (χ1) is 13.0. The Balaban J connectivity index is 2.02. The van der Waals surface area contributed by atoms with Crippen LogP contribution in [0.5, 0.6) is 17.2 Å². The smallest absolute Gasteiger partial charge is 0.260 e. The van der Waals surface area contributed by atoms with Crippen LogP contribution in [0, 0.1) is 6.92 Å². The average Bonchev–Trinajstić information content (AvgIpc) is 2.67. The van der Waals surface area contributed by atoms with E-state index in [0.717, 1.165) is 22.4 Å². The van der Waals surface area contributed by atoms with E-state index in [1.54, 1.807) is 26.2 Å². The molecule has 0 aliphatic carbocycles. The molecule has 2 rings (SSSR count). The fraction of sp³-hybridized carbons (Fsp3) is 0.318. The fourth-order valence-corrected chi connectivity index (χ4v) is 2.72. The number of methoxy groups -OCH3 is 2. The minimum atomic E-state index is -0.127. The number of nitrogens with zero attached hydrogens (tertiary/aromatic N) is 1. The topological polar surface area (TPSA) is 48.0 Å². The van der Waals surface area contributed by atoms with E-state index in [0.29, 0.717) is 18.0 Å². The van der Waals surface area contributed by atoms with Gasteiger partial charge in [0.2, 0.25) is 0 Å². The van der Waals surface area contributed by atoms with E-state index in [1.165, 1.54) is 0 Å². The summed E-state index contributed by atoms with van der Waals surface area (Å²) in [7, 11) is 4.96. The van der Waals surface area contributed by atoms with Gasteiger partial charge in [0.15, 0.2) is 18.1 Å². The molecule has 1 amide bonds. The molecule has 0 atom stereocenters. The number of likely N-dealkylation sites (N-methyl/N-ethyl adjacent to an activating group) is 1. The van der Waals surface area contributed by atoms with Gasteiger partial charge in [0.1, 0.15) is 5.75 Å². The Morgan fingerprint density at radius 2 is 1.74 bits per heavy atom. The molecule has 0 heterocycles. The van der Waals surface area contributed by atoms with Crippen molar-refractivity contribution in [1.82, 2.24) is 4.90 Å². The predicted molar refractivity (Wildman–Crippen MR) is 107 cm³/mol. The Labute approximate surface area is 161 Å². The number of carbonyl (C=O) groups is 1. The van der Waals surface area contributed by atoms with Crippen molar-refractivity contribution in [2.75, 3.05) is 27.9 Å². The number of ether oxygens (including phenoxy) is 3. The highest BCUT2D eigenvalue weighted by molar-refractivity contribution is 5.77. The summed E-state index contributed by atoms with van der Waals surface area (Å²) >= 11 is 0. The lowest BCUT2D eigenvalue weighted by Gasteiger charge is -2.20. The van der Waals surface area contributed by atoms with Gasteiger partial charge in [-0.05, 0) is 37.6 Å². The van der Waals surface area contributed by atoms with Gasteiger partial charge in [-0.2, -0.15) is 0 Å². The van der Waals surface area contributed by atoms with Gasteiger partial charge in [0.05, 0.1) is 14.2 Å². The summed E-state index contributed by atoms with van der Waals surface area (Å²) in [5.41, 5.74) is 3.09. The van der Waals surface area contributed by atoms with Gasteiger partial charge < -0.3 is 19.1 Å². The summed E-state index contributed by atoms with van der Waals surface area (Å²) in [5.74, 6) is 1.78. The van der Waals surface area contributed by atoms with E-state index in [1.807, 2.05) is 62.4 Å². The maximum absolute atomic E-state index is 12.5. The van der Waals surface area contributed by atoms with E-state index in [-0.39, 0.29) is 12.5 Å². The lowest BCUT2D eigenvalue weighted by Crippen LogP contribution is -2.31. The molecule has 0 N–H and O–H groups in total. The molecule has 0 saturated carbocycles. The van der Waals surface area contributed by atoms with Crippen LogP contribution in [-0.4, -0.2) is 38.7 Å². The van der Waals surface area contributed by atoms with Crippen LogP contribution in [0.2, 0.25) is 0 Å². The van der Waals surface area contributed by atoms with Crippen LogP contribution in [0.25, 0.3) is 6.08 Å². The van der Waals surface area contributed by atoms with Gasteiger partial charge in [-0.3, -0.25) is 4.79 Å². The highest BCUT2D eigenvalue weighted by Crippen LogP contribution is 2.28. The molecule has 5 heteroatoms. The van der Waals surface area contributed by atoms with Crippen LogP contribution in [0.3, 0.4) is 0 Å². The van der Waals surface area contributed by atoms with Crippen LogP contribution < -0.4 is 14.2 Å². The first kappa shape index (κ1) is 20.4. The number of benzene rings is 2. The minimum Gasteiger partial charge on any atom is -0.496 e. The molecule has 0 radical (unpaired) electrons. The molecular formula is C22H27NO4. The van der Waals surface area contributed by atoms with E-state index in [4.69, 9.17) is 14.2 Å². The van der Waals surface area contributed by atoms with Crippen molar-refractivity contribution >= 4 is 12.0 Å². The Hall–Kier alpha value is -2.95. The van der Waals surface area contributed by atoms with Gasteiger partial charge in [-0.15, -0.1) is 0 Å². The van der Waals surface area contributed by atoms with Gasteiger partial charge in [-0.25, -0.2) is 0 Å². The number of amides is 1. The van der Waals surface area contributed by atoms with E-state index >= 15 is 0 Å². The molecule has 5 nitrogen and oxygen atoms in total. The van der Waals surface area contributed by atoms with Crippen molar-refractivity contribution in [2.24, 2.45) is 0 Å². The number of hydrogen-bond donors (Lipinski definition) is 0. The number of aryl methyl sites for hydroxylation is 1. The Morgan fingerprint density at radius 3 is 2.41 bits per heavy atom. The first-order valence-corrected chi connectivity index (χ1v) is 8.79. The van der Waals surface area contributed by atoms with E-state index in [2.05, 4.69) is 0 Å². The molecule has 0 aliphatic heterocycles. The molecular weight excluding hydrogens is 342 g/mol. The normalized spacial score (nSPS) is 10.7. The third-order valence-corrected chi connectivity index (χ3v) is 4.17. The summed E-state index contributed by atoms with van der Waals surface area (Å²) in [5, 5.41) is 0. The second-order valence-electron chi connectivity index (χ2n) is 6.26. The minimum absolute atomic E-state index is 0.0655. The van der Waals surface area contributed by atoms with Crippen molar-refractivity contribution < 1.29 is 19.0 Å². The molecule has 2 aromatic carbocycles. The largest absolute Gasteiger partial charge is 0.496 e. The molecule has 0 fully saturated rings.